The van der Waals surface area contributed by atoms with E-state index in [9.17, 15) is 4.11 Å². The number of benzene rings is 9. The topological polar surface area (TPSA) is 13.1 Å². The van der Waals surface area contributed by atoms with Crippen molar-refractivity contribution in [2.45, 2.75) is 0 Å². The molecule has 10 rings (SSSR count). The van der Waals surface area contributed by atoms with Crippen LogP contribution in [0.2, 0.25) is 0 Å². The van der Waals surface area contributed by atoms with E-state index in [1.807, 2.05) is 91.0 Å². The molecule has 9 aromatic carbocycles. The summed E-state index contributed by atoms with van der Waals surface area (Å²) in [6, 6.07) is 27.1. The molecule has 0 radical (unpaired) electrons. The summed E-state index contributed by atoms with van der Waals surface area (Å²) in [6.45, 7) is 0. The molecule has 0 spiro atoms. The summed E-state index contributed by atoms with van der Waals surface area (Å²) in [4.78, 5) is 0. The first-order valence-corrected chi connectivity index (χ1v) is 15.3. The van der Waals surface area contributed by atoms with Crippen molar-refractivity contribution < 1.29 is 19.5 Å². The lowest BCUT2D eigenvalue weighted by Gasteiger charge is -2.20. The van der Waals surface area contributed by atoms with Crippen LogP contribution in [0.1, 0.15) is 15.1 Å². The number of hydrogen-bond donors (Lipinski definition) is 0. The summed E-state index contributed by atoms with van der Waals surface area (Å²) in [6.07, 6.45) is 0. The van der Waals surface area contributed by atoms with Crippen LogP contribution in [0.4, 0.5) is 0 Å². The predicted octanol–water partition coefficient (Wildman–Crippen LogP) is 13.2. The highest BCUT2D eigenvalue weighted by molar-refractivity contribution is 6.27. The van der Waals surface area contributed by atoms with Gasteiger partial charge in [-0.15, -0.1) is 0 Å². The van der Waals surface area contributed by atoms with Crippen LogP contribution in [0.25, 0.3) is 98.4 Å². The summed E-state index contributed by atoms with van der Waals surface area (Å²) in [5.74, 6) is 0. The van der Waals surface area contributed by atoms with Crippen molar-refractivity contribution in [2.75, 3.05) is 0 Å². The first-order chi connectivity index (χ1) is 27.9. The molecule has 0 saturated heterocycles. The zero-order valence-corrected chi connectivity index (χ0v) is 24.7. The SMILES string of the molecule is [2H]c1c([2H])c([2H])c(-c2c([2H])c(-c3c4ccccc4c(-c4cccc5oc6cc7ccccc7cc6c45)c4ccccc34)c3c([2H])c([2H])c([2H])c([2H])c3c2[2H])c([2H])c1[2H]. The number of rotatable bonds is 3. The van der Waals surface area contributed by atoms with E-state index >= 15 is 0 Å². The van der Waals surface area contributed by atoms with Gasteiger partial charge in [-0.25, -0.2) is 0 Å². The highest BCUT2D eigenvalue weighted by Crippen LogP contribution is 2.48. The first kappa shape index (κ1) is 17.5. The second-order valence-corrected chi connectivity index (χ2v) is 11.6. The summed E-state index contributed by atoms with van der Waals surface area (Å²) >= 11 is 0. The van der Waals surface area contributed by atoms with Gasteiger partial charge < -0.3 is 4.42 Å². The maximum absolute atomic E-state index is 9.91. The standard InChI is InChI=1S/C46H28O/c1-2-13-29(14-3-1)33-25-32-17-6-7-18-34(32)40(27-33)45-37-21-10-8-19-35(37)44(36-20-9-11-22-38(36)45)39-23-12-24-42-46(39)41-26-30-15-4-5-16-31(30)28-43(41)47-42/h1-28H/i1D,2D,3D,6D,7D,13D,14D,17D,18D,25D,27D. The summed E-state index contributed by atoms with van der Waals surface area (Å²) in [5.41, 5.74) is 2.97. The van der Waals surface area contributed by atoms with E-state index in [4.69, 9.17) is 15.4 Å². The number of hydrogen-bond acceptors (Lipinski definition) is 1. The fourth-order valence-electron chi connectivity index (χ4n) is 7.03. The van der Waals surface area contributed by atoms with Crippen molar-refractivity contribution in [1.82, 2.24) is 0 Å². The third-order valence-corrected chi connectivity index (χ3v) is 9.00. The molecule has 0 aliphatic rings. The van der Waals surface area contributed by atoms with Gasteiger partial charge in [-0.05, 0) is 107 Å². The zero-order valence-electron chi connectivity index (χ0n) is 35.7. The fourth-order valence-corrected chi connectivity index (χ4v) is 7.03. The van der Waals surface area contributed by atoms with E-state index < -0.39 is 72.0 Å². The normalized spacial score (nSPS) is 15.1. The molecule has 0 amide bonds. The minimum atomic E-state index is -0.652. The van der Waals surface area contributed by atoms with E-state index in [1.54, 1.807) is 0 Å². The Morgan fingerprint density at radius 1 is 0.404 bits per heavy atom. The Morgan fingerprint density at radius 2 is 1.02 bits per heavy atom. The van der Waals surface area contributed by atoms with Crippen molar-refractivity contribution in [1.29, 1.82) is 0 Å². The molecular formula is C46H28O. The smallest absolute Gasteiger partial charge is 0.136 e. The highest BCUT2D eigenvalue weighted by atomic mass is 16.3. The van der Waals surface area contributed by atoms with E-state index in [2.05, 4.69) is 12.1 Å². The average molecular weight is 608 g/mol. The Bertz CT molecular complexity index is 3390. The molecule has 1 nitrogen and oxygen atoms in total. The summed E-state index contributed by atoms with van der Waals surface area (Å²) in [7, 11) is 0. The van der Waals surface area contributed by atoms with Gasteiger partial charge in [0, 0.05) is 10.8 Å². The quantitative estimate of drug-likeness (QED) is 0.182. The summed E-state index contributed by atoms with van der Waals surface area (Å²) in [5, 5.41) is 6.47. The molecule has 0 unspecified atom stereocenters. The van der Waals surface area contributed by atoms with Crippen molar-refractivity contribution in [2.24, 2.45) is 0 Å². The predicted molar refractivity (Wildman–Crippen MR) is 200 cm³/mol. The second kappa shape index (κ2) is 10.2. The van der Waals surface area contributed by atoms with Crippen LogP contribution in [-0.2, 0) is 0 Å². The Labute approximate surface area is 287 Å². The van der Waals surface area contributed by atoms with Crippen molar-refractivity contribution in [3.8, 4) is 33.4 Å². The van der Waals surface area contributed by atoms with Crippen LogP contribution in [0.5, 0.6) is 0 Å². The third-order valence-electron chi connectivity index (χ3n) is 9.00. The highest BCUT2D eigenvalue weighted by Gasteiger charge is 2.21. The minimum Gasteiger partial charge on any atom is -0.456 e. The minimum absolute atomic E-state index is 0.0530. The molecule has 0 bridgehead atoms. The van der Waals surface area contributed by atoms with Gasteiger partial charge in [-0.2, -0.15) is 0 Å². The van der Waals surface area contributed by atoms with Gasteiger partial charge in [0.05, 0.1) is 15.1 Å². The molecular weight excluding hydrogens is 569 g/mol. The Morgan fingerprint density at radius 3 is 1.74 bits per heavy atom. The number of furan rings is 1. The summed E-state index contributed by atoms with van der Waals surface area (Å²) < 4.78 is 104. The molecule has 0 N–H and O–H groups in total. The lowest BCUT2D eigenvalue weighted by atomic mass is 9.83. The molecule has 1 aromatic heterocycles. The molecule has 1 heteroatoms. The average Bonchev–Trinajstić information content (AvgIpc) is 3.60. The first-order valence-electron chi connectivity index (χ1n) is 20.8. The van der Waals surface area contributed by atoms with Gasteiger partial charge in [0.15, 0.2) is 0 Å². The van der Waals surface area contributed by atoms with Crippen molar-refractivity contribution in [3.63, 3.8) is 0 Å². The molecule has 47 heavy (non-hydrogen) atoms. The van der Waals surface area contributed by atoms with Gasteiger partial charge >= 0.3 is 0 Å². The third kappa shape index (κ3) is 3.97. The lowest BCUT2D eigenvalue weighted by Crippen LogP contribution is -1.93. The Balaban J connectivity index is 1.42. The molecule has 218 valence electrons. The van der Waals surface area contributed by atoms with Crippen LogP contribution in [0.15, 0.2) is 174 Å². The van der Waals surface area contributed by atoms with Crippen LogP contribution >= 0.6 is 0 Å². The van der Waals surface area contributed by atoms with Gasteiger partial charge in [0.2, 0.25) is 0 Å². The molecule has 0 fully saturated rings. The van der Waals surface area contributed by atoms with E-state index in [1.165, 1.54) is 0 Å². The van der Waals surface area contributed by atoms with Crippen molar-refractivity contribution >= 4 is 65.0 Å². The monoisotopic (exact) mass is 607 g/mol. The Hall–Kier alpha value is -6.18. The molecule has 0 aliphatic carbocycles. The molecule has 0 aliphatic heterocycles. The lowest BCUT2D eigenvalue weighted by molar-refractivity contribution is 0.669. The van der Waals surface area contributed by atoms with Gasteiger partial charge in [0.1, 0.15) is 11.2 Å². The molecule has 10 aromatic rings. The zero-order chi connectivity index (χ0) is 40.5. The van der Waals surface area contributed by atoms with Crippen LogP contribution in [-0.4, -0.2) is 0 Å². The second-order valence-electron chi connectivity index (χ2n) is 11.6. The molecule has 1 heterocycles. The van der Waals surface area contributed by atoms with Crippen LogP contribution in [0, 0.1) is 0 Å². The maximum Gasteiger partial charge on any atom is 0.136 e. The van der Waals surface area contributed by atoms with Crippen LogP contribution < -0.4 is 0 Å². The van der Waals surface area contributed by atoms with E-state index in [-0.39, 0.29) is 21.9 Å². The maximum atomic E-state index is 9.91. The Kier molecular flexibility index (Phi) is 3.79. The van der Waals surface area contributed by atoms with Gasteiger partial charge in [-0.3, -0.25) is 0 Å². The largest absolute Gasteiger partial charge is 0.456 e. The van der Waals surface area contributed by atoms with Crippen molar-refractivity contribution in [3.05, 3.63) is 170 Å². The van der Waals surface area contributed by atoms with E-state index in [0.29, 0.717) is 21.9 Å². The molecule has 0 saturated carbocycles. The van der Waals surface area contributed by atoms with Crippen LogP contribution in [0.3, 0.4) is 0 Å². The van der Waals surface area contributed by atoms with Gasteiger partial charge in [-0.1, -0.05) is 139 Å². The van der Waals surface area contributed by atoms with Gasteiger partial charge in [0.25, 0.3) is 0 Å². The number of fused-ring (bicyclic) bond motifs is 7. The fraction of sp³-hybridized carbons (Fsp3) is 0. The molecule has 0 atom stereocenters. The van der Waals surface area contributed by atoms with E-state index in [0.717, 1.165) is 49.0 Å².